The van der Waals surface area contributed by atoms with Gasteiger partial charge in [0.1, 0.15) is 5.58 Å². The minimum Gasteiger partial charge on any atom is -0.451 e. The smallest absolute Gasteiger partial charge is 0.287 e. The van der Waals surface area contributed by atoms with Gasteiger partial charge in [0.15, 0.2) is 17.2 Å². The van der Waals surface area contributed by atoms with Gasteiger partial charge in [0.2, 0.25) is 0 Å². The SMILES string of the molecule is O=C(NCc1nnc2ccccn12)c1cc2cc(Cl)ccc2o1. The quantitative estimate of drug-likeness (QED) is 0.628. The number of pyridine rings is 1. The summed E-state index contributed by atoms with van der Waals surface area (Å²) in [6, 6.07) is 12.5. The van der Waals surface area contributed by atoms with E-state index in [0.717, 1.165) is 11.0 Å². The lowest BCUT2D eigenvalue weighted by molar-refractivity contribution is 0.0924. The lowest BCUT2D eigenvalue weighted by atomic mass is 10.2. The summed E-state index contributed by atoms with van der Waals surface area (Å²) in [4.78, 5) is 12.2. The Hall–Kier alpha value is -2.86. The number of hydrogen-bond acceptors (Lipinski definition) is 4. The molecule has 0 fully saturated rings. The molecule has 1 amide bonds. The molecule has 0 unspecified atom stereocenters. The van der Waals surface area contributed by atoms with E-state index in [1.807, 2.05) is 28.8 Å². The number of furan rings is 1. The van der Waals surface area contributed by atoms with Crippen LogP contribution in [0.25, 0.3) is 16.6 Å². The minimum absolute atomic E-state index is 0.232. The van der Waals surface area contributed by atoms with Crippen LogP contribution < -0.4 is 5.32 Å². The molecule has 4 rings (SSSR count). The van der Waals surface area contributed by atoms with Crippen molar-refractivity contribution >= 4 is 34.1 Å². The van der Waals surface area contributed by atoms with Gasteiger partial charge in [-0.15, -0.1) is 10.2 Å². The standard InChI is InChI=1S/C16H11ClN4O2/c17-11-4-5-12-10(7-11)8-13(23-12)16(22)18-9-15-20-19-14-3-1-2-6-21(14)15/h1-8H,9H2,(H,18,22). The second-order valence-electron chi connectivity index (χ2n) is 5.02. The van der Waals surface area contributed by atoms with Crippen LogP contribution in [0.1, 0.15) is 16.4 Å². The Labute approximate surface area is 135 Å². The molecular weight excluding hydrogens is 316 g/mol. The molecule has 23 heavy (non-hydrogen) atoms. The average molecular weight is 327 g/mol. The van der Waals surface area contributed by atoms with E-state index in [-0.39, 0.29) is 18.2 Å². The summed E-state index contributed by atoms with van der Waals surface area (Å²) in [5.74, 6) is 0.564. The molecule has 7 heteroatoms. The third-order valence-electron chi connectivity index (χ3n) is 3.49. The molecule has 1 aromatic carbocycles. The fourth-order valence-corrected chi connectivity index (χ4v) is 2.56. The van der Waals surface area contributed by atoms with Crippen LogP contribution >= 0.6 is 11.6 Å². The van der Waals surface area contributed by atoms with E-state index in [1.165, 1.54) is 0 Å². The third kappa shape index (κ3) is 2.53. The Kier molecular flexibility index (Phi) is 3.24. The third-order valence-corrected chi connectivity index (χ3v) is 3.73. The number of rotatable bonds is 3. The number of hydrogen-bond donors (Lipinski definition) is 1. The zero-order valence-corrected chi connectivity index (χ0v) is 12.6. The van der Waals surface area contributed by atoms with Gasteiger partial charge in [-0.05, 0) is 36.4 Å². The van der Waals surface area contributed by atoms with E-state index in [4.69, 9.17) is 16.0 Å². The molecule has 3 aromatic heterocycles. The van der Waals surface area contributed by atoms with Crippen molar-refractivity contribution in [2.24, 2.45) is 0 Å². The van der Waals surface area contributed by atoms with E-state index in [0.29, 0.717) is 16.4 Å². The highest BCUT2D eigenvalue weighted by molar-refractivity contribution is 6.31. The lowest BCUT2D eigenvalue weighted by Gasteiger charge is -2.01. The van der Waals surface area contributed by atoms with Crippen molar-refractivity contribution in [2.45, 2.75) is 6.54 Å². The Balaban J connectivity index is 1.55. The highest BCUT2D eigenvalue weighted by Crippen LogP contribution is 2.23. The predicted molar refractivity (Wildman–Crippen MR) is 85.4 cm³/mol. The molecule has 4 aromatic rings. The molecule has 114 valence electrons. The van der Waals surface area contributed by atoms with Gasteiger partial charge in [0.05, 0.1) is 6.54 Å². The molecule has 0 bridgehead atoms. The number of carbonyl (C=O) groups excluding carboxylic acids is 1. The molecule has 0 aliphatic rings. The number of nitrogens with one attached hydrogen (secondary N) is 1. The molecule has 0 aliphatic heterocycles. The predicted octanol–water partition coefficient (Wildman–Crippen LogP) is 3.06. The number of benzene rings is 1. The van der Waals surface area contributed by atoms with Crippen molar-refractivity contribution in [1.82, 2.24) is 19.9 Å². The summed E-state index contributed by atoms with van der Waals surface area (Å²) in [5, 5.41) is 12.3. The molecular formula is C16H11ClN4O2. The highest BCUT2D eigenvalue weighted by atomic mass is 35.5. The van der Waals surface area contributed by atoms with Gasteiger partial charge in [-0.3, -0.25) is 9.20 Å². The monoisotopic (exact) mass is 326 g/mol. The molecule has 0 saturated carbocycles. The van der Waals surface area contributed by atoms with Crippen LogP contribution in [0.4, 0.5) is 0 Å². The first-order valence-corrected chi connectivity index (χ1v) is 7.34. The molecule has 0 atom stereocenters. The summed E-state index contributed by atoms with van der Waals surface area (Å²) in [5.41, 5.74) is 1.35. The highest BCUT2D eigenvalue weighted by Gasteiger charge is 2.13. The van der Waals surface area contributed by atoms with E-state index in [2.05, 4.69) is 15.5 Å². The van der Waals surface area contributed by atoms with Crippen LogP contribution in [0, 0.1) is 0 Å². The van der Waals surface area contributed by atoms with Crippen LogP contribution in [0.3, 0.4) is 0 Å². The molecule has 6 nitrogen and oxygen atoms in total. The Bertz CT molecular complexity index is 1020. The Morgan fingerprint density at radius 3 is 3.04 bits per heavy atom. The van der Waals surface area contributed by atoms with Crippen molar-refractivity contribution in [1.29, 1.82) is 0 Å². The van der Waals surface area contributed by atoms with Crippen molar-refractivity contribution in [3.63, 3.8) is 0 Å². The average Bonchev–Trinajstić information content (AvgIpc) is 3.16. The second kappa shape index (κ2) is 5.40. The van der Waals surface area contributed by atoms with Gasteiger partial charge in [-0.25, -0.2) is 0 Å². The van der Waals surface area contributed by atoms with Gasteiger partial charge in [0.25, 0.3) is 5.91 Å². The summed E-state index contributed by atoms with van der Waals surface area (Å²) in [7, 11) is 0. The van der Waals surface area contributed by atoms with Crippen LogP contribution in [-0.4, -0.2) is 20.5 Å². The normalized spacial score (nSPS) is 11.2. The fraction of sp³-hybridized carbons (Fsp3) is 0.0625. The molecule has 0 aliphatic carbocycles. The molecule has 0 spiro atoms. The van der Waals surface area contributed by atoms with Crippen molar-refractivity contribution in [3.8, 4) is 0 Å². The van der Waals surface area contributed by atoms with Crippen molar-refractivity contribution in [2.75, 3.05) is 0 Å². The topological polar surface area (TPSA) is 72.4 Å². The van der Waals surface area contributed by atoms with Crippen LogP contribution in [0.5, 0.6) is 0 Å². The zero-order valence-electron chi connectivity index (χ0n) is 11.9. The molecule has 0 radical (unpaired) electrons. The van der Waals surface area contributed by atoms with E-state index in [1.54, 1.807) is 24.3 Å². The largest absolute Gasteiger partial charge is 0.451 e. The van der Waals surface area contributed by atoms with Gasteiger partial charge in [0, 0.05) is 16.6 Å². The summed E-state index contributed by atoms with van der Waals surface area (Å²) in [6.45, 7) is 0.252. The Morgan fingerprint density at radius 1 is 1.22 bits per heavy atom. The summed E-state index contributed by atoms with van der Waals surface area (Å²) >= 11 is 5.93. The summed E-state index contributed by atoms with van der Waals surface area (Å²) in [6.07, 6.45) is 1.85. The maximum Gasteiger partial charge on any atom is 0.287 e. The second-order valence-corrected chi connectivity index (χ2v) is 5.46. The van der Waals surface area contributed by atoms with Gasteiger partial charge < -0.3 is 9.73 Å². The van der Waals surface area contributed by atoms with Gasteiger partial charge in [-0.1, -0.05) is 17.7 Å². The number of amides is 1. The zero-order chi connectivity index (χ0) is 15.8. The number of fused-ring (bicyclic) bond motifs is 2. The van der Waals surface area contributed by atoms with Gasteiger partial charge in [-0.2, -0.15) is 0 Å². The maximum absolute atomic E-state index is 12.2. The van der Waals surface area contributed by atoms with Crippen LogP contribution in [0.2, 0.25) is 5.02 Å². The van der Waals surface area contributed by atoms with E-state index >= 15 is 0 Å². The first-order valence-electron chi connectivity index (χ1n) is 6.97. The number of nitrogens with zero attached hydrogens (tertiary/aromatic N) is 3. The molecule has 3 heterocycles. The number of carbonyl (C=O) groups is 1. The van der Waals surface area contributed by atoms with E-state index < -0.39 is 0 Å². The maximum atomic E-state index is 12.2. The minimum atomic E-state index is -0.315. The van der Waals surface area contributed by atoms with Crippen LogP contribution in [0.15, 0.2) is 53.1 Å². The first kappa shape index (κ1) is 13.8. The summed E-state index contributed by atoms with van der Waals surface area (Å²) < 4.78 is 7.35. The first-order chi connectivity index (χ1) is 11.2. The lowest BCUT2D eigenvalue weighted by Crippen LogP contribution is -2.23. The molecule has 0 saturated heterocycles. The van der Waals surface area contributed by atoms with Crippen LogP contribution in [-0.2, 0) is 6.54 Å². The van der Waals surface area contributed by atoms with Gasteiger partial charge >= 0.3 is 0 Å². The number of halogens is 1. The fourth-order valence-electron chi connectivity index (χ4n) is 2.38. The van der Waals surface area contributed by atoms with Crippen molar-refractivity contribution < 1.29 is 9.21 Å². The molecule has 1 N–H and O–H groups in total. The van der Waals surface area contributed by atoms with Crippen molar-refractivity contribution in [3.05, 3.63) is 65.3 Å². The Morgan fingerprint density at radius 2 is 2.13 bits per heavy atom. The number of aromatic nitrogens is 3. The van der Waals surface area contributed by atoms with E-state index in [9.17, 15) is 4.79 Å².